The first-order valence-electron chi connectivity index (χ1n) is 10.2. The molecule has 0 aromatic heterocycles. The van der Waals surface area contributed by atoms with E-state index in [2.05, 4.69) is 10.6 Å². The Bertz CT molecular complexity index is 1120. The van der Waals surface area contributed by atoms with E-state index in [1.807, 2.05) is 13.8 Å². The van der Waals surface area contributed by atoms with Crippen molar-refractivity contribution in [1.82, 2.24) is 10.2 Å². The third kappa shape index (κ3) is 2.69. The van der Waals surface area contributed by atoms with Crippen LogP contribution in [0.2, 0.25) is 5.02 Å². The van der Waals surface area contributed by atoms with E-state index in [-0.39, 0.29) is 36.1 Å². The standard InChI is InChI=1S/C23H21ClFN3O3/c1-11(2)18-16-17(21(30)28(20(16)29)10-12-6-8-13(25)9-7-12)23(27-18)14-4-3-5-15(24)19(14)26-22(23)31/h3-9,11,16-18,27H,10H2,1-2H3,(H,26,31)/t16-,17-,18-,23-/m0/s1. The van der Waals surface area contributed by atoms with E-state index in [0.29, 0.717) is 21.8 Å². The quantitative estimate of drug-likeness (QED) is 0.717. The normalized spacial score (nSPS) is 29.1. The maximum atomic E-state index is 13.6. The third-order valence-electron chi connectivity index (χ3n) is 6.70. The summed E-state index contributed by atoms with van der Waals surface area (Å²) < 4.78 is 13.3. The average molecular weight is 442 g/mol. The van der Waals surface area contributed by atoms with Gasteiger partial charge in [0, 0.05) is 11.6 Å². The highest BCUT2D eigenvalue weighted by atomic mass is 35.5. The highest BCUT2D eigenvalue weighted by Gasteiger charge is 2.70. The van der Waals surface area contributed by atoms with E-state index in [1.54, 1.807) is 30.3 Å². The van der Waals surface area contributed by atoms with Gasteiger partial charge in [-0.15, -0.1) is 0 Å². The summed E-state index contributed by atoms with van der Waals surface area (Å²) in [7, 11) is 0. The lowest BCUT2D eigenvalue weighted by Crippen LogP contribution is -2.53. The van der Waals surface area contributed by atoms with Gasteiger partial charge in [-0.1, -0.05) is 49.7 Å². The summed E-state index contributed by atoms with van der Waals surface area (Å²) in [6.07, 6.45) is 0. The molecule has 5 rings (SSSR count). The van der Waals surface area contributed by atoms with E-state index < -0.39 is 23.3 Å². The van der Waals surface area contributed by atoms with Gasteiger partial charge in [-0.2, -0.15) is 0 Å². The predicted octanol–water partition coefficient (Wildman–Crippen LogP) is 3.06. The number of fused-ring (bicyclic) bond motifs is 4. The fourth-order valence-electron chi connectivity index (χ4n) is 5.29. The number of hydrogen-bond donors (Lipinski definition) is 2. The number of benzene rings is 2. The molecule has 2 N–H and O–H groups in total. The minimum Gasteiger partial charge on any atom is -0.323 e. The number of rotatable bonds is 3. The number of carbonyl (C=O) groups is 3. The van der Waals surface area contributed by atoms with Crippen molar-refractivity contribution in [3.8, 4) is 0 Å². The van der Waals surface area contributed by atoms with Gasteiger partial charge in [-0.3, -0.25) is 24.6 Å². The Hall–Kier alpha value is -2.77. The van der Waals surface area contributed by atoms with Crippen molar-refractivity contribution >= 4 is 35.0 Å². The molecule has 0 saturated carbocycles. The second-order valence-electron chi connectivity index (χ2n) is 8.73. The van der Waals surface area contributed by atoms with E-state index in [9.17, 15) is 18.8 Å². The Morgan fingerprint density at radius 3 is 2.48 bits per heavy atom. The maximum Gasteiger partial charge on any atom is 0.250 e. The van der Waals surface area contributed by atoms with Crippen molar-refractivity contribution in [3.05, 3.63) is 64.4 Å². The van der Waals surface area contributed by atoms with E-state index in [0.717, 1.165) is 0 Å². The summed E-state index contributed by atoms with van der Waals surface area (Å²) in [6, 6.07) is 10.5. The second-order valence-corrected chi connectivity index (χ2v) is 9.14. The SMILES string of the molecule is CC(C)[C@@H]1N[C@]2(C(=O)Nc3c(Cl)cccc32)[C@@H]2C(=O)N(Cc3ccc(F)cc3)C(=O)[C@@H]21. The Kier molecular flexibility index (Phi) is 4.46. The van der Waals surface area contributed by atoms with Gasteiger partial charge in [0.25, 0.3) is 0 Å². The van der Waals surface area contributed by atoms with Gasteiger partial charge >= 0.3 is 0 Å². The zero-order chi connectivity index (χ0) is 22.1. The lowest BCUT2D eigenvalue weighted by atomic mass is 9.76. The highest BCUT2D eigenvalue weighted by molar-refractivity contribution is 6.35. The number of para-hydroxylation sites is 1. The molecule has 0 aliphatic carbocycles. The van der Waals surface area contributed by atoms with Crippen molar-refractivity contribution < 1.29 is 18.8 Å². The number of likely N-dealkylation sites (tertiary alicyclic amines) is 1. The van der Waals surface area contributed by atoms with Crippen LogP contribution < -0.4 is 10.6 Å². The van der Waals surface area contributed by atoms with Crippen molar-refractivity contribution in [3.63, 3.8) is 0 Å². The predicted molar refractivity (Wildman–Crippen MR) is 112 cm³/mol. The van der Waals surface area contributed by atoms with Crippen LogP contribution >= 0.6 is 11.6 Å². The molecule has 1 spiro atoms. The first-order valence-corrected chi connectivity index (χ1v) is 10.6. The molecule has 4 atom stereocenters. The van der Waals surface area contributed by atoms with Gasteiger partial charge in [-0.25, -0.2) is 4.39 Å². The lowest BCUT2D eigenvalue weighted by Gasteiger charge is -2.30. The minimum atomic E-state index is -1.36. The van der Waals surface area contributed by atoms with Gasteiger partial charge in [0.15, 0.2) is 0 Å². The lowest BCUT2D eigenvalue weighted by molar-refractivity contribution is -0.143. The number of amides is 3. The molecule has 2 fully saturated rings. The van der Waals surface area contributed by atoms with Gasteiger partial charge in [-0.05, 0) is 29.7 Å². The van der Waals surface area contributed by atoms with E-state index >= 15 is 0 Å². The summed E-state index contributed by atoms with van der Waals surface area (Å²) >= 11 is 6.32. The van der Waals surface area contributed by atoms with E-state index in [1.165, 1.54) is 17.0 Å². The fraction of sp³-hybridized carbons (Fsp3) is 0.348. The zero-order valence-corrected chi connectivity index (χ0v) is 17.7. The van der Waals surface area contributed by atoms with Crippen molar-refractivity contribution in [2.24, 2.45) is 17.8 Å². The second kappa shape index (κ2) is 6.87. The number of halogens is 2. The molecule has 3 aliphatic rings. The highest BCUT2D eigenvalue weighted by Crippen LogP contribution is 2.55. The van der Waals surface area contributed by atoms with Gasteiger partial charge < -0.3 is 5.32 Å². The van der Waals surface area contributed by atoms with Crippen LogP contribution in [-0.2, 0) is 26.5 Å². The molecule has 0 unspecified atom stereocenters. The molecule has 31 heavy (non-hydrogen) atoms. The molecule has 2 saturated heterocycles. The number of nitrogens with zero attached hydrogens (tertiary/aromatic N) is 1. The minimum absolute atomic E-state index is 0.00503. The Morgan fingerprint density at radius 1 is 1.10 bits per heavy atom. The average Bonchev–Trinajstić information content (AvgIpc) is 3.32. The van der Waals surface area contributed by atoms with Crippen LogP contribution in [0, 0.1) is 23.6 Å². The van der Waals surface area contributed by atoms with Crippen molar-refractivity contribution in [1.29, 1.82) is 0 Å². The Morgan fingerprint density at radius 2 is 1.81 bits per heavy atom. The summed E-state index contributed by atoms with van der Waals surface area (Å²) in [4.78, 5) is 41.6. The molecule has 0 bridgehead atoms. The molecule has 6 nitrogen and oxygen atoms in total. The molecular weight excluding hydrogens is 421 g/mol. The van der Waals surface area contributed by atoms with Crippen LogP contribution in [0.5, 0.6) is 0 Å². The molecule has 8 heteroatoms. The Balaban J connectivity index is 1.61. The van der Waals surface area contributed by atoms with Crippen LogP contribution in [0.15, 0.2) is 42.5 Å². The Labute approximate surface area is 183 Å². The van der Waals surface area contributed by atoms with Crippen LogP contribution in [0.4, 0.5) is 10.1 Å². The van der Waals surface area contributed by atoms with Gasteiger partial charge in [0.05, 0.1) is 29.1 Å². The number of nitrogens with one attached hydrogen (secondary N) is 2. The maximum absolute atomic E-state index is 13.6. The number of anilines is 1. The molecule has 3 amide bonds. The van der Waals surface area contributed by atoms with Crippen molar-refractivity contribution in [2.75, 3.05) is 5.32 Å². The first-order chi connectivity index (χ1) is 14.8. The molecule has 3 heterocycles. The number of carbonyl (C=O) groups excluding carboxylic acids is 3. The largest absolute Gasteiger partial charge is 0.323 e. The van der Waals surface area contributed by atoms with Crippen molar-refractivity contribution in [2.45, 2.75) is 32.0 Å². The smallest absolute Gasteiger partial charge is 0.250 e. The van der Waals surface area contributed by atoms with Gasteiger partial charge in [0.2, 0.25) is 17.7 Å². The molecule has 3 aliphatic heterocycles. The van der Waals surface area contributed by atoms with E-state index in [4.69, 9.17) is 11.6 Å². The van der Waals surface area contributed by atoms with Crippen LogP contribution in [0.1, 0.15) is 25.0 Å². The van der Waals surface area contributed by atoms with Crippen LogP contribution in [-0.4, -0.2) is 28.7 Å². The fourth-order valence-corrected chi connectivity index (χ4v) is 5.51. The topological polar surface area (TPSA) is 78.5 Å². The molecule has 160 valence electrons. The number of imide groups is 1. The summed E-state index contributed by atoms with van der Waals surface area (Å²) in [5.41, 5.74) is 0.352. The summed E-state index contributed by atoms with van der Waals surface area (Å²) in [6.45, 7) is 3.95. The van der Waals surface area contributed by atoms with Crippen LogP contribution in [0.3, 0.4) is 0 Å². The van der Waals surface area contributed by atoms with Gasteiger partial charge in [0.1, 0.15) is 11.4 Å². The molecule has 0 radical (unpaired) electrons. The monoisotopic (exact) mass is 441 g/mol. The third-order valence-corrected chi connectivity index (χ3v) is 7.01. The first kappa shape index (κ1) is 20.2. The summed E-state index contributed by atoms with van der Waals surface area (Å²) in [5.74, 6) is -3.04. The van der Waals surface area contributed by atoms with Crippen LogP contribution in [0.25, 0.3) is 0 Å². The summed E-state index contributed by atoms with van der Waals surface area (Å²) in [5, 5.41) is 6.57. The zero-order valence-electron chi connectivity index (χ0n) is 17.0. The number of hydrogen-bond acceptors (Lipinski definition) is 4. The molecule has 2 aromatic carbocycles. The molecule has 2 aromatic rings. The molecular formula is C23H21ClFN3O3.